The van der Waals surface area contributed by atoms with Crippen molar-refractivity contribution in [1.82, 2.24) is 9.55 Å². The Morgan fingerprint density at radius 3 is 2.92 bits per heavy atom. The van der Waals surface area contributed by atoms with E-state index in [0.29, 0.717) is 47.9 Å². The number of methoxy groups -OCH3 is 1. The van der Waals surface area contributed by atoms with Crippen LogP contribution in [0.15, 0.2) is 57.0 Å². The molecule has 1 N–H and O–H groups in total. The van der Waals surface area contributed by atoms with Gasteiger partial charge in [0.15, 0.2) is 0 Å². The SMILES string of the molecule is COCCCn1c(N/N=C(/C)c2ccco2)nc2ccccc2c1=O. The van der Waals surface area contributed by atoms with Crippen molar-refractivity contribution in [1.29, 1.82) is 0 Å². The first-order valence-corrected chi connectivity index (χ1v) is 8.03. The number of ether oxygens (including phenoxy) is 1. The van der Waals surface area contributed by atoms with E-state index in [1.807, 2.05) is 31.2 Å². The molecule has 7 nitrogen and oxygen atoms in total. The Hall–Kier alpha value is -2.93. The van der Waals surface area contributed by atoms with Crippen LogP contribution in [0.4, 0.5) is 5.95 Å². The first kappa shape index (κ1) is 16.9. The van der Waals surface area contributed by atoms with E-state index in [9.17, 15) is 4.79 Å². The Morgan fingerprint density at radius 2 is 2.16 bits per heavy atom. The molecular formula is C18H20N4O3. The van der Waals surface area contributed by atoms with Crippen molar-refractivity contribution in [2.45, 2.75) is 19.9 Å². The van der Waals surface area contributed by atoms with Crippen molar-refractivity contribution in [3.8, 4) is 0 Å². The Bertz CT molecular complexity index is 929. The molecule has 0 saturated heterocycles. The number of fused-ring (bicyclic) bond motifs is 1. The van der Waals surface area contributed by atoms with Gasteiger partial charge in [-0.15, -0.1) is 0 Å². The highest BCUT2D eigenvalue weighted by Crippen LogP contribution is 2.12. The minimum atomic E-state index is -0.102. The van der Waals surface area contributed by atoms with Gasteiger partial charge in [0.05, 0.1) is 17.2 Å². The number of rotatable bonds is 7. The Morgan fingerprint density at radius 1 is 1.32 bits per heavy atom. The first-order valence-electron chi connectivity index (χ1n) is 8.03. The summed E-state index contributed by atoms with van der Waals surface area (Å²) < 4.78 is 12.0. The maximum absolute atomic E-state index is 12.8. The van der Waals surface area contributed by atoms with Gasteiger partial charge in [-0.1, -0.05) is 12.1 Å². The van der Waals surface area contributed by atoms with Crippen LogP contribution in [-0.2, 0) is 11.3 Å². The van der Waals surface area contributed by atoms with Gasteiger partial charge < -0.3 is 9.15 Å². The number of hydrogen-bond acceptors (Lipinski definition) is 6. The van der Waals surface area contributed by atoms with E-state index < -0.39 is 0 Å². The summed E-state index contributed by atoms with van der Waals surface area (Å²) in [5.74, 6) is 1.05. The largest absolute Gasteiger partial charge is 0.463 e. The highest BCUT2D eigenvalue weighted by atomic mass is 16.5. The molecule has 7 heteroatoms. The van der Waals surface area contributed by atoms with Crippen molar-refractivity contribution < 1.29 is 9.15 Å². The summed E-state index contributed by atoms with van der Waals surface area (Å²) in [5.41, 5.74) is 4.09. The van der Waals surface area contributed by atoms with E-state index in [2.05, 4.69) is 15.5 Å². The zero-order valence-electron chi connectivity index (χ0n) is 14.2. The summed E-state index contributed by atoms with van der Waals surface area (Å²) in [4.78, 5) is 17.3. The molecule has 0 aliphatic rings. The van der Waals surface area contributed by atoms with Gasteiger partial charge in [-0.05, 0) is 37.6 Å². The molecule has 130 valence electrons. The van der Waals surface area contributed by atoms with E-state index >= 15 is 0 Å². The number of furan rings is 1. The predicted octanol–water partition coefficient (Wildman–Crippen LogP) is 2.86. The third-order valence-electron chi connectivity index (χ3n) is 3.79. The standard InChI is InChI=1S/C18H20N4O3/c1-13(16-9-5-12-25-16)20-21-18-19-15-8-4-3-7-14(15)17(23)22(18)10-6-11-24-2/h3-5,7-9,12H,6,10-11H2,1-2H3,(H,19,21)/b20-13-. The lowest BCUT2D eigenvalue weighted by atomic mass is 10.2. The molecule has 0 atom stereocenters. The molecule has 0 fully saturated rings. The molecule has 2 heterocycles. The minimum absolute atomic E-state index is 0.102. The van der Waals surface area contributed by atoms with E-state index in [4.69, 9.17) is 9.15 Å². The summed E-state index contributed by atoms with van der Waals surface area (Å²) in [6.45, 7) is 2.87. The van der Waals surface area contributed by atoms with Crippen molar-refractivity contribution >= 4 is 22.6 Å². The lowest BCUT2D eigenvalue weighted by molar-refractivity contribution is 0.190. The maximum Gasteiger partial charge on any atom is 0.262 e. The van der Waals surface area contributed by atoms with Crippen LogP contribution < -0.4 is 11.0 Å². The summed E-state index contributed by atoms with van der Waals surface area (Å²) in [5, 5.41) is 4.87. The Kier molecular flexibility index (Phi) is 5.25. The molecule has 0 spiro atoms. The van der Waals surface area contributed by atoms with Crippen molar-refractivity contribution in [3.05, 3.63) is 58.8 Å². The Balaban J connectivity index is 1.98. The second kappa shape index (κ2) is 7.76. The van der Waals surface area contributed by atoms with Gasteiger partial charge in [0, 0.05) is 20.3 Å². The van der Waals surface area contributed by atoms with Crippen LogP contribution in [0.3, 0.4) is 0 Å². The van der Waals surface area contributed by atoms with Gasteiger partial charge in [-0.3, -0.25) is 9.36 Å². The van der Waals surface area contributed by atoms with Crippen molar-refractivity contribution in [3.63, 3.8) is 0 Å². The number of aromatic nitrogens is 2. The van der Waals surface area contributed by atoms with Crippen molar-refractivity contribution in [2.75, 3.05) is 19.1 Å². The van der Waals surface area contributed by atoms with Gasteiger partial charge in [-0.25, -0.2) is 10.4 Å². The zero-order valence-corrected chi connectivity index (χ0v) is 14.2. The molecule has 1 aromatic carbocycles. The number of benzene rings is 1. The monoisotopic (exact) mass is 340 g/mol. The number of hydrazone groups is 1. The predicted molar refractivity (Wildman–Crippen MR) is 97.0 cm³/mol. The van der Waals surface area contributed by atoms with Crippen LogP contribution in [-0.4, -0.2) is 29.0 Å². The van der Waals surface area contributed by atoms with Crippen LogP contribution in [0.2, 0.25) is 0 Å². The molecule has 0 saturated carbocycles. The first-order chi connectivity index (χ1) is 12.2. The molecule has 3 aromatic rings. The maximum atomic E-state index is 12.8. The zero-order chi connectivity index (χ0) is 17.6. The van der Waals surface area contributed by atoms with Crippen LogP contribution in [0.25, 0.3) is 10.9 Å². The summed E-state index contributed by atoms with van der Waals surface area (Å²) in [7, 11) is 1.64. The summed E-state index contributed by atoms with van der Waals surface area (Å²) >= 11 is 0. The fourth-order valence-electron chi connectivity index (χ4n) is 2.50. The molecule has 2 aromatic heterocycles. The van der Waals surface area contributed by atoms with Gasteiger partial charge in [0.2, 0.25) is 5.95 Å². The van der Waals surface area contributed by atoms with E-state index in [1.165, 1.54) is 0 Å². The van der Waals surface area contributed by atoms with Crippen LogP contribution in [0, 0.1) is 0 Å². The summed E-state index contributed by atoms with van der Waals surface area (Å²) in [6.07, 6.45) is 2.29. The second-order valence-corrected chi connectivity index (χ2v) is 5.54. The third-order valence-corrected chi connectivity index (χ3v) is 3.79. The van der Waals surface area contributed by atoms with Gasteiger partial charge in [0.25, 0.3) is 5.56 Å². The quantitative estimate of drug-likeness (QED) is 0.406. The number of anilines is 1. The number of nitrogens with zero attached hydrogens (tertiary/aromatic N) is 3. The molecule has 0 unspecified atom stereocenters. The molecule has 0 radical (unpaired) electrons. The van der Waals surface area contributed by atoms with Gasteiger partial charge >= 0.3 is 0 Å². The lowest BCUT2D eigenvalue weighted by Crippen LogP contribution is -2.25. The minimum Gasteiger partial charge on any atom is -0.463 e. The van der Waals surface area contributed by atoms with Crippen LogP contribution in [0.5, 0.6) is 0 Å². The van der Waals surface area contributed by atoms with E-state index in [0.717, 1.165) is 0 Å². The van der Waals surface area contributed by atoms with Crippen molar-refractivity contribution in [2.24, 2.45) is 5.10 Å². The smallest absolute Gasteiger partial charge is 0.262 e. The average molecular weight is 340 g/mol. The summed E-state index contributed by atoms with van der Waals surface area (Å²) in [6, 6.07) is 10.9. The lowest BCUT2D eigenvalue weighted by Gasteiger charge is -2.12. The number of nitrogens with one attached hydrogen (secondary N) is 1. The van der Waals surface area contributed by atoms with E-state index in [1.54, 1.807) is 30.1 Å². The molecule has 25 heavy (non-hydrogen) atoms. The van der Waals surface area contributed by atoms with E-state index in [-0.39, 0.29) is 5.56 Å². The van der Waals surface area contributed by atoms with Crippen LogP contribution >= 0.6 is 0 Å². The fraction of sp³-hybridized carbons (Fsp3) is 0.278. The molecule has 0 bridgehead atoms. The third kappa shape index (κ3) is 3.77. The van der Waals surface area contributed by atoms with Crippen LogP contribution in [0.1, 0.15) is 19.1 Å². The molecule has 3 rings (SSSR count). The highest BCUT2D eigenvalue weighted by molar-refractivity contribution is 5.96. The number of hydrogen-bond donors (Lipinski definition) is 1. The molecule has 0 amide bonds. The number of para-hydroxylation sites is 1. The molecular weight excluding hydrogens is 320 g/mol. The highest BCUT2D eigenvalue weighted by Gasteiger charge is 2.11. The normalized spacial score (nSPS) is 11.8. The Labute approximate surface area is 144 Å². The van der Waals surface area contributed by atoms with Gasteiger partial charge in [0.1, 0.15) is 11.5 Å². The van der Waals surface area contributed by atoms with Gasteiger partial charge in [-0.2, -0.15) is 5.10 Å². The second-order valence-electron chi connectivity index (χ2n) is 5.54. The topological polar surface area (TPSA) is 81.7 Å². The fourth-order valence-corrected chi connectivity index (χ4v) is 2.50. The molecule has 0 aliphatic carbocycles. The average Bonchev–Trinajstić information content (AvgIpc) is 3.17. The molecule has 0 aliphatic heterocycles.